The van der Waals surface area contributed by atoms with Crippen molar-refractivity contribution in [1.29, 1.82) is 0 Å². The Kier molecular flexibility index (Phi) is 3.99. The molecule has 0 radical (unpaired) electrons. The Morgan fingerprint density at radius 1 is 0.905 bits per heavy atom. The van der Waals surface area contributed by atoms with Gasteiger partial charge in [-0.25, -0.2) is 0 Å². The van der Waals surface area contributed by atoms with Gasteiger partial charge in [0.15, 0.2) is 0 Å². The Labute approximate surface area is 120 Å². The van der Waals surface area contributed by atoms with Gasteiger partial charge in [-0.05, 0) is 24.3 Å². The number of fused-ring (bicyclic) bond motifs is 1. The van der Waals surface area contributed by atoms with Crippen LogP contribution in [0.15, 0.2) is 48.5 Å². The Morgan fingerprint density at radius 2 is 1.38 bits per heavy atom. The lowest BCUT2D eigenvalue weighted by molar-refractivity contribution is 0.0878. The molecule has 1 aliphatic rings. The summed E-state index contributed by atoms with van der Waals surface area (Å²) in [7, 11) is 0. The van der Waals surface area contributed by atoms with Gasteiger partial charge in [-0.1, -0.05) is 24.3 Å². The normalized spacial score (nSPS) is 12.0. The van der Waals surface area contributed by atoms with Crippen molar-refractivity contribution in [3.05, 3.63) is 65.2 Å². The van der Waals surface area contributed by atoms with E-state index in [2.05, 4.69) is 5.32 Å². The van der Waals surface area contributed by atoms with Gasteiger partial charge in [0.25, 0.3) is 17.7 Å². The van der Waals surface area contributed by atoms with Crippen LogP contribution >= 0.6 is 0 Å². The SMILES string of the molecule is NC(=O)c1ccccc1O.O=C1NC(=O)c2ccccc21. The van der Waals surface area contributed by atoms with Crippen molar-refractivity contribution in [2.45, 2.75) is 0 Å². The Balaban J connectivity index is 0.000000155. The number of para-hydroxylation sites is 1. The highest BCUT2D eigenvalue weighted by atomic mass is 16.3. The van der Waals surface area contributed by atoms with Gasteiger partial charge in [0.05, 0.1) is 16.7 Å². The van der Waals surface area contributed by atoms with Crippen molar-refractivity contribution in [3.8, 4) is 5.75 Å². The second-order valence-corrected chi connectivity index (χ2v) is 4.21. The van der Waals surface area contributed by atoms with Crippen LogP contribution < -0.4 is 11.1 Å². The molecule has 2 aromatic carbocycles. The summed E-state index contributed by atoms with van der Waals surface area (Å²) in [5.74, 6) is -1.29. The summed E-state index contributed by atoms with van der Waals surface area (Å²) in [6.45, 7) is 0. The van der Waals surface area contributed by atoms with Crippen LogP contribution in [0.4, 0.5) is 0 Å². The molecule has 0 aromatic heterocycles. The maximum Gasteiger partial charge on any atom is 0.258 e. The number of rotatable bonds is 1. The molecule has 1 aliphatic heterocycles. The number of nitrogens with one attached hydrogen (secondary N) is 1. The second kappa shape index (κ2) is 5.87. The van der Waals surface area contributed by atoms with Crippen molar-refractivity contribution in [2.75, 3.05) is 0 Å². The zero-order chi connectivity index (χ0) is 15.4. The number of hydrogen-bond acceptors (Lipinski definition) is 4. The Morgan fingerprint density at radius 3 is 1.81 bits per heavy atom. The van der Waals surface area contributed by atoms with Crippen LogP contribution in [0.2, 0.25) is 0 Å². The molecule has 0 saturated carbocycles. The predicted molar refractivity (Wildman–Crippen MR) is 74.9 cm³/mol. The van der Waals surface area contributed by atoms with Crippen LogP contribution in [0.5, 0.6) is 5.75 Å². The molecular weight excluding hydrogens is 272 g/mol. The fourth-order valence-electron chi connectivity index (χ4n) is 1.80. The average Bonchev–Trinajstić information content (AvgIpc) is 2.76. The van der Waals surface area contributed by atoms with E-state index in [0.29, 0.717) is 11.1 Å². The second-order valence-electron chi connectivity index (χ2n) is 4.21. The quantitative estimate of drug-likeness (QED) is 0.680. The summed E-state index contributed by atoms with van der Waals surface area (Å²) < 4.78 is 0. The number of hydrogen-bond donors (Lipinski definition) is 3. The molecule has 0 atom stereocenters. The average molecular weight is 284 g/mol. The number of imide groups is 1. The number of phenols is 1. The third kappa shape index (κ3) is 3.06. The van der Waals surface area contributed by atoms with Crippen molar-refractivity contribution < 1.29 is 19.5 Å². The van der Waals surface area contributed by atoms with Gasteiger partial charge >= 0.3 is 0 Å². The predicted octanol–water partition coefficient (Wildman–Crippen LogP) is 1.06. The van der Waals surface area contributed by atoms with E-state index in [1.165, 1.54) is 12.1 Å². The van der Waals surface area contributed by atoms with Crippen LogP contribution in [0.1, 0.15) is 31.1 Å². The highest BCUT2D eigenvalue weighted by molar-refractivity contribution is 6.21. The van der Waals surface area contributed by atoms with Gasteiger partial charge < -0.3 is 10.8 Å². The first-order valence-electron chi connectivity index (χ1n) is 6.03. The minimum atomic E-state index is -0.613. The molecule has 0 fully saturated rings. The lowest BCUT2D eigenvalue weighted by Gasteiger charge is -1.96. The van der Waals surface area contributed by atoms with E-state index in [-0.39, 0.29) is 23.1 Å². The van der Waals surface area contributed by atoms with E-state index in [4.69, 9.17) is 10.8 Å². The molecule has 3 amide bonds. The summed E-state index contributed by atoms with van der Waals surface area (Å²) in [6, 6.07) is 12.9. The standard InChI is InChI=1S/C8H5NO2.C7H7NO2/c10-7-5-3-1-2-4-6(5)8(11)9-7;8-7(10)5-3-1-2-4-6(5)9/h1-4H,(H,9,10,11);1-4,9H,(H2,8,10). The van der Waals surface area contributed by atoms with Crippen LogP contribution in [-0.2, 0) is 0 Å². The van der Waals surface area contributed by atoms with Gasteiger partial charge in [-0.2, -0.15) is 0 Å². The molecule has 0 saturated heterocycles. The smallest absolute Gasteiger partial charge is 0.258 e. The number of primary amides is 1. The molecule has 0 aliphatic carbocycles. The maximum atomic E-state index is 10.9. The van der Waals surface area contributed by atoms with E-state index < -0.39 is 5.91 Å². The summed E-state index contributed by atoms with van der Waals surface area (Å²) in [5.41, 5.74) is 6.01. The van der Waals surface area contributed by atoms with Crippen molar-refractivity contribution in [3.63, 3.8) is 0 Å². The summed E-state index contributed by atoms with van der Waals surface area (Å²) in [6.07, 6.45) is 0. The molecule has 1 heterocycles. The van der Waals surface area contributed by atoms with E-state index in [0.717, 1.165) is 0 Å². The molecule has 4 N–H and O–H groups in total. The van der Waals surface area contributed by atoms with E-state index in [1.54, 1.807) is 36.4 Å². The van der Waals surface area contributed by atoms with Crippen LogP contribution in [0.25, 0.3) is 0 Å². The maximum absolute atomic E-state index is 10.9. The zero-order valence-electron chi connectivity index (χ0n) is 10.9. The van der Waals surface area contributed by atoms with Gasteiger partial charge in [0.2, 0.25) is 0 Å². The van der Waals surface area contributed by atoms with E-state index in [1.807, 2.05) is 0 Å². The van der Waals surface area contributed by atoms with Crippen molar-refractivity contribution >= 4 is 17.7 Å². The van der Waals surface area contributed by atoms with Gasteiger partial charge in [0.1, 0.15) is 5.75 Å². The molecule has 0 spiro atoms. The number of benzene rings is 2. The molecule has 106 valence electrons. The summed E-state index contributed by atoms with van der Waals surface area (Å²) in [5, 5.41) is 11.2. The highest BCUT2D eigenvalue weighted by Crippen LogP contribution is 2.14. The Bertz CT molecular complexity index is 692. The minimum absolute atomic E-state index is 0.0741. The van der Waals surface area contributed by atoms with Crippen molar-refractivity contribution in [1.82, 2.24) is 5.32 Å². The molecule has 6 heteroatoms. The molecule has 0 unspecified atom stereocenters. The zero-order valence-corrected chi connectivity index (χ0v) is 10.9. The Hall–Kier alpha value is -3.15. The summed E-state index contributed by atoms with van der Waals surface area (Å²) in [4.78, 5) is 32.4. The first-order valence-corrected chi connectivity index (χ1v) is 6.03. The molecule has 2 aromatic rings. The number of carbonyl (C=O) groups is 3. The highest BCUT2D eigenvalue weighted by Gasteiger charge is 2.25. The first-order chi connectivity index (χ1) is 10.0. The van der Waals surface area contributed by atoms with E-state index in [9.17, 15) is 14.4 Å². The van der Waals surface area contributed by atoms with E-state index >= 15 is 0 Å². The fourth-order valence-corrected chi connectivity index (χ4v) is 1.80. The van der Waals surface area contributed by atoms with Gasteiger partial charge in [-0.15, -0.1) is 0 Å². The topological polar surface area (TPSA) is 109 Å². The van der Waals surface area contributed by atoms with Gasteiger partial charge in [0, 0.05) is 0 Å². The minimum Gasteiger partial charge on any atom is -0.507 e. The van der Waals surface area contributed by atoms with Crippen LogP contribution in [-0.4, -0.2) is 22.8 Å². The first kappa shape index (κ1) is 14.3. The lowest BCUT2D eigenvalue weighted by atomic mass is 10.1. The lowest BCUT2D eigenvalue weighted by Crippen LogP contribution is -2.19. The van der Waals surface area contributed by atoms with Crippen LogP contribution in [0.3, 0.4) is 0 Å². The molecule has 6 nitrogen and oxygen atoms in total. The molecule has 0 bridgehead atoms. The molecule has 3 rings (SSSR count). The number of amides is 3. The number of aromatic hydroxyl groups is 1. The largest absolute Gasteiger partial charge is 0.507 e. The summed E-state index contributed by atoms with van der Waals surface area (Å²) >= 11 is 0. The molecular formula is C15H12N2O4. The monoisotopic (exact) mass is 284 g/mol. The number of nitrogens with two attached hydrogens (primary N) is 1. The third-order valence-corrected chi connectivity index (χ3v) is 2.81. The van der Waals surface area contributed by atoms with Gasteiger partial charge in [-0.3, -0.25) is 19.7 Å². The molecule has 21 heavy (non-hydrogen) atoms. The van der Waals surface area contributed by atoms with Crippen LogP contribution in [0, 0.1) is 0 Å². The fraction of sp³-hybridized carbons (Fsp3) is 0. The van der Waals surface area contributed by atoms with Crippen molar-refractivity contribution in [2.24, 2.45) is 5.73 Å². The third-order valence-electron chi connectivity index (χ3n) is 2.81. The number of carbonyl (C=O) groups excluding carboxylic acids is 3.